The highest BCUT2D eigenvalue weighted by Crippen LogP contribution is 2.29. The number of fused-ring (bicyclic) bond motifs is 1. The molecule has 5 heteroatoms. The second-order valence-electron chi connectivity index (χ2n) is 4.43. The van der Waals surface area contributed by atoms with Crippen LogP contribution in [0.3, 0.4) is 0 Å². The average Bonchev–Trinajstić information content (AvgIpc) is 2.44. The molecular formula is C15H12O5. The van der Waals surface area contributed by atoms with E-state index in [9.17, 15) is 19.5 Å². The highest BCUT2D eigenvalue weighted by atomic mass is 16.4. The number of carbonyl (C=O) groups excluding carboxylic acids is 2. The van der Waals surface area contributed by atoms with E-state index in [1.165, 1.54) is 19.1 Å². The zero-order chi connectivity index (χ0) is 14.9. The topological polar surface area (TPSA) is 91.7 Å². The number of rotatable bonds is 3. The lowest BCUT2D eigenvalue weighted by molar-refractivity contribution is -0.132. The zero-order valence-electron chi connectivity index (χ0n) is 10.7. The van der Waals surface area contributed by atoms with Crippen LogP contribution in [0, 0.1) is 0 Å². The van der Waals surface area contributed by atoms with Crippen molar-refractivity contribution >= 4 is 23.3 Å². The van der Waals surface area contributed by atoms with Crippen LogP contribution in [-0.4, -0.2) is 27.7 Å². The van der Waals surface area contributed by atoms with E-state index >= 15 is 0 Å². The molecule has 0 amide bonds. The van der Waals surface area contributed by atoms with Crippen LogP contribution in [0.1, 0.15) is 29.3 Å². The van der Waals surface area contributed by atoms with Crippen molar-refractivity contribution in [3.8, 4) is 0 Å². The maximum Gasteiger partial charge on any atom is 0.330 e. The number of benzene rings is 1. The van der Waals surface area contributed by atoms with Crippen molar-refractivity contribution in [2.24, 2.45) is 0 Å². The molecule has 0 atom stereocenters. The lowest BCUT2D eigenvalue weighted by Gasteiger charge is -2.16. The maximum absolute atomic E-state index is 11.9. The number of ketones is 2. The van der Waals surface area contributed by atoms with Crippen LogP contribution in [-0.2, 0) is 9.59 Å². The molecule has 1 aromatic carbocycles. The third-order valence-electron chi connectivity index (χ3n) is 3.14. The van der Waals surface area contributed by atoms with Crippen LogP contribution in [0.25, 0.3) is 5.76 Å². The van der Waals surface area contributed by atoms with Gasteiger partial charge in [-0.2, -0.15) is 0 Å². The minimum atomic E-state index is -1.11. The second kappa shape index (κ2) is 5.13. The van der Waals surface area contributed by atoms with Crippen LogP contribution >= 0.6 is 0 Å². The molecule has 0 spiro atoms. The lowest BCUT2D eigenvalue weighted by atomic mass is 9.87. The average molecular weight is 272 g/mol. The van der Waals surface area contributed by atoms with Gasteiger partial charge >= 0.3 is 5.97 Å². The molecule has 0 heterocycles. The summed E-state index contributed by atoms with van der Waals surface area (Å²) in [5, 5.41) is 18.8. The zero-order valence-corrected chi connectivity index (χ0v) is 10.7. The Morgan fingerprint density at radius 2 is 1.75 bits per heavy atom. The predicted molar refractivity (Wildman–Crippen MR) is 71.3 cm³/mol. The number of aliphatic hydroxyl groups excluding tert-OH is 1. The van der Waals surface area contributed by atoms with Crippen molar-refractivity contribution in [3.63, 3.8) is 0 Å². The first-order valence-corrected chi connectivity index (χ1v) is 5.94. The van der Waals surface area contributed by atoms with Crippen LogP contribution in [0.4, 0.5) is 0 Å². The van der Waals surface area contributed by atoms with Gasteiger partial charge in [-0.15, -0.1) is 0 Å². The largest absolute Gasteiger partial charge is 0.507 e. The van der Waals surface area contributed by atoms with E-state index < -0.39 is 17.5 Å². The third kappa shape index (κ3) is 2.25. The summed E-state index contributed by atoms with van der Waals surface area (Å²) < 4.78 is 0. The van der Waals surface area contributed by atoms with Crippen molar-refractivity contribution in [3.05, 3.63) is 52.6 Å². The number of carboxylic acids is 1. The number of hydrogen-bond donors (Lipinski definition) is 2. The molecule has 0 fully saturated rings. The summed E-state index contributed by atoms with van der Waals surface area (Å²) in [5.74, 6) is -2.86. The molecular weight excluding hydrogens is 260 g/mol. The van der Waals surface area contributed by atoms with Crippen LogP contribution < -0.4 is 0 Å². The van der Waals surface area contributed by atoms with E-state index in [-0.39, 0.29) is 28.9 Å². The molecule has 1 aromatic rings. The summed E-state index contributed by atoms with van der Waals surface area (Å²) in [6, 6.07) is 6.27. The van der Waals surface area contributed by atoms with Crippen molar-refractivity contribution in [1.29, 1.82) is 0 Å². The van der Waals surface area contributed by atoms with E-state index in [1.54, 1.807) is 18.2 Å². The smallest absolute Gasteiger partial charge is 0.330 e. The minimum Gasteiger partial charge on any atom is -0.507 e. The van der Waals surface area contributed by atoms with Gasteiger partial charge in [-0.25, -0.2) is 4.79 Å². The maximum atomic E-state index is 11.9. The number of allylic oxidation sites excluding steroid dienone is 2. The third-order valence-corrected chi connectivity index (χ3v) is 3.14. The Hall–Kier alpha value is -2.69. The number of aliphatic hydroxyl groups is 1. The molecule has 0 radical (unpaired) electrons. The first-order valence-electron chi connectivity index (χ1n) is 5.94. The Morgan fingerprint density at radius 3 is 2.35 bits per heavy atom. The lowest BCUT2D eigenvalue weighted by Crippen LogP contribution is -2.23. The molecule has 2 rings (SSSR count). The van der Waals surface area contributed by atoms with E-state index in [4.69, 9.17) is 5.11 Å². The number of hydrogen-bond acceptors (Lipinski definition) is 4. The van der Waals surface area contributed by atoms with Gasteiger partial charge in [0.1, 0.15) is 5.76 Å². The van der Waals surface area contributed by atoms with Crippen molar-refractivity contribution in [1.82, 2.24) is 0 Å². The molecule has 0 saturated heterocycles. The Morgan fingerprint density at radius 1 is 1.15 bits per heavy atom. The molecule has 0 aromatic heterocycles. The van der Waals surface area contributed by atoms with Crippen LogP contribution in [0.5, 0.6) is 0 Å². The molecule has 102 valence electrons. The fraction of sp³-hybridized carbons (Fsp3) is 0.133. The Kier molecular flexibility index (Phi) is 3.52. The second-order valence-corrected chi connectivity index (χ2v) is 4.43. The van der Waals surface area contributed by atoms with Gasteiger partial charge in [-0.05, 0) is 13.3 Å². The van der Waals surface area contributed by atoms with Crippen molar-refractivity contribution in [2.75, 3.05) is 0 Å². The van der Waals surface area contributed by atoms with Gasteiger partial charge in [0.25, 0.3) is 0 Å². The Labute approximate surface area is 114 Å². The predicted octanol–water partition coefficient (Wildman–Crippen LogP) is 2.14. The molecule has 5 nitrogen and oxygen atoms in total. The first kappa shape index (κ1) is 13.7. The van der Waals surface area contributed by atoms with Gasteiger partial charge in [-0.3, -0.25) is 9.59 Å². The highest BCUT2D eigenvalue weighted by molar-refractivity contribution is 6.52. The highest BCUT2D eigenvalue weighted by Gasteiger charge is 2.31. The number of carbonyl (C=O) groups is 3. The monoisotopic (exact) mass is 272 g/mol. The Bertz CT molecular complexity index is 679. The molecule has 0 saturated carbocycles. The van der Waals surface area contributed by atoms with Gasteiger partial charge in [0.15, 0.2) is 0 Å². The van der Waals surface area contributed by atoms with E-state index in [0.717, 1.165) is 0 Å². The normalized spacial score (nSPS) is 15.3. The number of Topliss-reactive ketones (excluding diaryl/α,β-unsaturated/α-hetero) is 2. The van der Waals surface area contributed by atoms with Gasteiger partial charge < -0.3 is 10.2 Å². The number of carboxylic acid groups (broad SMARTS) is 1. The summed E-state index contributed by atoms with van der Waals surface area (Å²) in [6.45, 7) is 1.38. The summed E-state index contributed by atoms with van der Waals surface area (Å²) >= 11 is 0. The standard InChI is InChI=1S/C15H12O5/c1-8(15(19)20)6-7-11-12(16)9-4-2-3-5-10(9)13(17)14(11)18/h2-6,16H,7H2,1H3,(H,19,20)/b8-6+. The fourth-order valence-electron chi connectivity index (χ4n) is 1.95. The summed E-state index contributed by atoms with van der Waals surface area (Å²) in [7, 11) is 0. The Balaban J connectivity index is 2.47. The van der Waals surface area contributed by atoms with E-state index in [2.05, 4.69) is 0 Å². The molecule has 20 heavy (non-hydrogen) atoms. The summed E-state index contributed by atoms with van der Waals surface area (Å²) in [6.07, 6.45) is 1.20. The summed E-state index contributed by atoms with van der Waals surface area (Å²) in [4.78, 5) is 34.6. The molecule has 0 aliphatic heterocycles. The van der Waals surface area contributed by atoms with E-state index in [0.29, 0.717) is 5.56 Å². The van der Waals surface area contributed by atoms with Gasteiger partial charge in [0.2, 0.25) is 11.6 Å². The molecule has 0 unspecified atom stereocenters. The molecule has 1 aliphatic rings. The van der Waals surface area contributed by atoms with Gasteiger partial charge in [0, 0.05) is 22.3 Å². The quantitative estimate of drug-likeness (QED) is 0.649. The minimum absolute atomic E-state index is 0.0457. The summed E-state index contributed by atoms with van der Waals surface area (Å²) in [5.41, 5.74) is 0.435. The molecule has 2 N–H and O–H groups in total. The van der Waals surface area contributed by atoms with Crippen LogP contribution in [0.2, 0.25) is 0 Å². The van der Waals surface area contributed by atoms with Gasteiger partial charge in [-0.1, -0.05) is 30.3 Å². The van der Waals surface area contributed by atoms with Crippen molar-refractivity contribution in [2.45, 2.75) is 13.3 Å². The molecule has 1 aliphatic carbocycles. The van der Waals surface area contributed by atoms with Crippen molar-refractivity contribution < 1.29 is 24.6 Å². The SMILES string of the molecule is C/C(=C\CC1=C(O)c2ccccc2C(=O)C1=O)C(=O)O. The fourth-order valence-corrected chi connectivity index (χ4v) is 1.95. The van der Waals surface area contributed by atoms with Gasteiger partial charge in [0.05, 0.1) is 0 Å². The molecule has 0 bridgehead atoms. The van der Waals surface area contributed by atoms with E-state index in [1.807, 2.05) is 0 Å². The number of aliphatic carboxylic acids is 1. The first-order chi connectivity index (χ1) is 9.43. The van der Waals surface area contributed by atoms with Crippen LogP contribution in [0.15, 0.2) is 41.5 Å².